The van der Waals surface area contributed by atoms with Crippen molar-refractivity contribution in [2.75, 3.05) is 4.90 Å². The van der Waals surface area contributed by atoms with Crippen LogP contribution in [0.4, 0.5) is 17.1 Å². The van der Waals surface area contributed by atoms with Gasteiger partial charge in [-0.25, -0.2) is 0 Å². The van der Waals surface area contributed by atoms with Gasteiger partial charge in [-0.1, -0.05) is 103 Å². The summed E-state index contributed by atoms with van der Waals surface area (Å²) in [6.07, 6.45) is 0. The van der Waals surface area contributed by atoms with E-state index in [0.29, 0.717) is 0 Å². The van der Waals surface area contributed by atoms with Crippen LogP contribution in [0.5, 0.6) is 0 Å². The number of furan rings is 1. The van der Waals surface area contributed by atoms with Crippen LogP contribution < -0.4 is 4.90 Å². The lowest BCUT2D eigenvalue weighted by Gasteiger charge is -2.26. The highest BCUT2D eigenvalue weighted by Gasteiger charge is 2.15. The predicted octanol–water partition coefficient (Wildman–Crippen LogP) is 12.2. The number of hydrogen-bond acceptors (Lipinski definition) is 2. The molecule has 0 amide bonds. The molecule has 0 fully saturated rings. The topological polar surface area (TPSA) is 16.4 Å². The highest BCUT2D eigenvalue weighted by molar-refractivity contribution is 6.14. The Hall–Kier alpha value is -5.86. The molecular formula is C42H27NO. The molecular weight excluding hydrogens is 534 g/mol. The average Bonchev–Trinajstić information content (AvgIpc) is 3.45. The maximum atomic E-state index is 6.23. The molecule has 0 N–H and O–H groups in total. The Morgan fingerprint density at radius 2 is 1.00 bits per heavy atom. The fourth-order valence-electron chi connectivity index (χ4n) is 6.70. The minimum Gasteiger partial charge on any atom is -0.456 e. The van der Waals surface area contributed by atoms with Crippen LogP contribution in [0.1, 0.15) is 0 Å². The lowest BCUT2D eigenvalue weighted by Crippen LogP contribution is -2.09. The Labute approximate surface area is 255 Å². The zero-order valence-corrected chi connectivity index (χ0v) is 23.9. The molecule has 0 aliphatic rings. The number of anilines is 3. The van der Waals surface area contributed by atoms with Gasteiger partial charge in [-0.2, -0.15) is 0 Å². The summed E-state index contributed by atoms with van der Waals surface area (Å²) in [5.74, 6) is 0. The van der Waals surface area contributed by atoms with E-state index in [4.69, 9.17) is 4.42 Å². The molecule has 0 aliphatic heterocycles. The summed E-state index contributed by atoms with van der Waals surface area (Å²) in [6, 6.07) is 58.6. The van der Waals surface area contributed by atoms with Crippen LogP contribution in [0.2, 0.25) is 0 Å². The van der Waals surface area contributed by atoms with Crippen molar-refractivity contribution in [2.24, 2.45) is 0 Å². The SMILES string of the molecule is c1ccc(N(c2ccc(-c3cc4ccccc4c4ccccc34)cc2)c2ccc3cc4c(cc3c2)oc2ccccc24)cc1. The van der Waals surface area contributed by atoms with E-state index in [1.54, 1.807) is 0 Å². The summed E-state index contributed by atoms with van der Waals surface area (Å²) < 4.78 is 6.23. The minimum atomic E-state index is 0.911. The summed E-state index contributed by atoms with van der Waals surface area (Å²) in [4.78, 5) is 2.32. The maximum absolute atomic E-state index is 6.23. The molecule has 2 heteroatoms. The van der Waals surface area contributed by atoms with Crippen molar-refractivity contribution < 1.29 is 4.42 Å². The van der Waals surface area contributed by atoms with Crippen molar-refractivity contribution in [2.45, 2.75) is 0 Å². The zero-order valence-electron chi connectivity index (χ0n) is 23.9. The third kappa shape index (κ3) is 3.96. The number of hydrogen-bond donors (Lipinski definition) is 0. The fourth-order valence-corrected chi connectivity index (χ4v) is 6.70. The Balaban J connectivity index is 1.18. The van der Waals surface area contributed by atoms with Crippen LogP contribution in [0.15, 0.2) is 168 Å². The largest absolute Gasteiger partial charge is 0.456 e. The molecule has 0 spiro atoms. The van der Waals surface area contributed by atoms with Crippen molar-refractivity contribution in [3.05, 3.63) is 164 Å². The molecule has 9 rings (SSSR count). The molecule has 0 radical (unpaired) electrons. The number of rotatable bonds is 4. The third-order valence-corrected chi connectivity index (χ3v) is 8.80. The molecule has 9 aromatic rings. The van der Waals surface area contributed by atoms with Gasteiger partial charge >= 0.3 is 0 Å². The summed E-state index contributed by atoms with van der Waals surface area (Å²) in [7, 11) is 0. The van der Waals surface area contributed by atoms with E-state index >= 15 is 0 Å². The second kappa shape index (κ2) is 9.86. The lowest BCUT2D eigenvalue weighted by atomic mass is 9.93. The molecule has 0 unspecified atom stereocenters. The lowest BCUT2D eigenvalue weighted by molar-refractivity contribution is 0.669. The van der Waals surface area contributed by atoms with E-state index < -0.39 is 0 Å². The number of benzene rings is 8. The molecule has 1 aromatic heterocycles. The first-order chi connectivity index (χ1) is 21.8. The van der Waals surface area contributed by atoms with Gasteiger partial charge in [0, 0.05) is 27.8 Å². The van der Waals surface area contributed by atoms with Crippen LogP contribution in [-0.2, 0) is 0 Å². The molecule has 1 heterocycles. The third-order valence-electron chi connectivity index (χ3n) is 8.80. The Bertz CT molecular complexity index is 2490. The van der Waals surface area contributed by atoms with Crippen molar-refractivity contribution in [3.63, 3.8) is 0 Å². The summed E-state index contributed by atoms with van der Waals surface area (Å²) in [5, 5.41) is 9.74. The first-order valence-electron chi connectivity index (χ1n) is 15.0. The first kappa shape index (κ1) is 24.7. The molecule has 0 aliphatic carbocycles. The normalized spacial score (nSPS) is 11.6. The Morgan fingerprint density at radius 3 is 1.84 bits per heavy atom. The van der Waals surface area contributed by atoms with Gasteiger partial charge in [0.2, 0.25) is 0 Å². The Kier molecular flexibility index (Phi) is 5.54. The molecule has 0 bridgehead atoms. The van der Waals surface area contributed by atoms with Crippen LogP contribution >= 0.6 is 0 Å². The molecule has 206 valence electrons. The van der Waals surface area contributed by atoms with Gasteiger partial charge in [0.25, 0.3) is 0 Å². The number of fused-ring (bicyclic) bond motifs is 7. The highest BCUT2D eigenvalue weighted by atomic mass is 16.3. The number of para-hydroxylation sites is 2. The second-order valence-electron chi connectivity index (χ2n) is 11.4. The van der Waals surface area contributed by atoms with Gasteiger partial charge in [-0.3, -0.25) is 0 Å². The van der Waals surface area contributed by atoms with E-state index in [9.17, 15) is 0 Å². The molecule has 44 heavy (non-hydrogen) atoms. The predicted molar refractivity (Wildman–Crippen MR) is 186 cm³/mol. The van der Waals surface area contributed by atoms with E-state index in [2.05, 4.69) is 157 Å². The van der Waals surface area contributed by atoms with Crippen LogP contribution in [-0.4, -0.2) is 0 Å². The van der Waals surface area contributed by atoms with Crippen molar-refractivity contribution >= 4 is 71.3 Å². The summed E-state index contributed by atoms with van der Waals surface area (Å²) in [6.45, 7) is 0. The van der Waals surface area contributed by atoms with Gasteiger partial charge in [0.05, 0.1) is 0 Å². The van der Waals surface area contributed by atoms with Crippen molar-refractivity contribution in [3.8, 4) is 11.1 Å². The van der Waals surface area contributed by atoms with Crippen LogP contribution in [0.25, 0.3) is 65.4 Å². The van der Waals surface area contributed by atoms with E-state index in [1.165, 1.54) is 38.1 Å². The molecule has 8 aromatic carbocycles. The zero-order chi connectivity index (χ0) is 29.0. The molecule has 0 atom stereocenters. The van der Waals surface area contributed by atoms with Crippen molar-refractivity contribution in [1.82, 2.24) is 0 Å². The summed E-state index contributed by atoms with van der Waals surface area (Å²) in [5.41, 5.74) is 7.60. The van der Waals surface area contributed by atoms with Crippen LogP contribution in [0, 0.1) is 0 Å². The van der Waals surface area contributed by atoms with E-state index in [-0.39, 0.29) is 0 Å². The smallest absolute Gasteiger partial charge is 0.136 e. The fraction of sp³-hybridized carbons (Fsp3) is 0. The summed E-state index contributed by atoms with van der Waals surface area (Å²) >= 11 is 0. The minimum absolute atomic E-state index is 0.911. The second-order valence-corrected chi connectivity index (χ2v) is 11.4. The quantitative estimate of drug-likeness (QED) is 0.199. The maximum Gasteiger partial charge on any atom is 0.136 e. The van der Waals surface area contributed by atoms with Crippen molar-refractivity contribution in [1.29, 1.82) is 0 Å². The average molecular weight is 562 g/mol. The van der Waals surface area contributed by atoms with Crippen LogP contribution in [0.3, 0.4) is 0 Å². The van der Waals surface area contributed by atoms with E-state index in [0.717, 1.165) is 44.4 Å². The van der Waals surface area contributed by atoms with Gasteiger partial charge < -0.3 is 9.32 Å². The molecule has 0 saturated heterocycles. The van der Waals surface area contributed by atoms with Gasteiger partial charge in [-0.15, -0.1) is 0 Å². The molecule has 2 nitrogen and oxygen atoms in total. The molecule has 0 saturated carbocycles. The van der Waals surface area contributed by atoms with Gasteiger partial charge in [0.1, 0.15) is 11.2 Å². The standard InChI is InChI=1S/C42H27NO/c1-2-11-32(12-3-1)43(34-23-20-29-25-40-38-16-8-9-17-41(38)44-42(40)27-31(29)24-34)33-21-18-28(19-22-33)39-26-30-10-4-5-13-35(30)36-14-6-7-15-37(36)39/h1-27H. The van der Waals surface area contributed by atoms with Gasteiger partial charge in [-0.05, 0) is 104 Å². The Morgan fingerprint density at radius 1 is 0.341 bits per heavy atom. The highest BCUT2D eigenvalue weighted by Crippen LogP contribution is 2.40. The first-order valence-corrected chi connectivity index (χ1v) is 15.0. The number of nitrogens with zero attached hydrogens (tertiary/aromatic N) is 1. The monoisotopic (exact) mass is 561 g/mol. The van der Waals surface area contributed by atoms with E-state index in [1.807, 2.05) is 12.1 Å². The van der Waals surface area contributed by atoms with Gasteiger partial charge in [0.15, 0.2) is 0 Å².